The Labute approximate surface area is 74.6 Å². The van der Waals surface area contributed by atoms with Crippen LogP contribution in [0.1, 0.15) is 40.5 Å². The van der Waals surface area contributed by atoms with Crippen LogP contribution in [0, 0.1) is 0 Å². The van der Waals surface area contributed by atoms with E-state index in [0.29, 0.717) is 6.42 Å². The fraction of sp³-hybridized carbons (Fsp3) is 0.700. The van der Waals surface area contributed by atoms with Crippen LogP contribution in [0.25, 0.3) is 0 Å². The van der Waals surface area contributed by atoms with E-state index in [9.17, 15) is 4.79 Å². The van der Waals surface area contributed by atoms with Crippen LogP contribution in [0.4, 0.5) is 0 Å². The van der Waals surface area contributed by atoms with Crippen LogP contribution in [0.2, 0.25) is 0 Å². The summed E-state index contributed by atoms with van der Waals surface area (Å²) in [6.07, 6.45) is 1.15. The molecule has 0 N–H and O–H groups in total. The maximum absolute atomic E-state index is 11.1. The third-order valence-corrected chi connectivity index (χ3v) is 1.69. The minimum Gasteiger partial charge on any atom is -0.459 e. The highest BCUT2D eigenvalue weighted by atomic mass is 16.6. The van der Waals surface area contributed by atoms with Crippen molar-refractivity contribution in [2.24, 2.45) is 0 Å². The predicted molar refractivity (Wildman–Crippen MR) is 49.9 cm³/mol. The zero-order valence-corrected chi connectivity index (χ0v) is 8.44. The molecule has 0 aliphatic carbocycles. The summed E-state index contributed by atoms with van der Waals surface area (Å²) in [5.41, 5.74) is 0.499. The van der Waals surface area contributed by atoms with Gasteiger partial charge in [0.05, 0.1) is 6.42 Å². The topological polar surface area (TPSA) is 26.3 Å². The predicted octanol–water partition coefficient (Wildman–Crippen LogP) is 2.68. The van der Waals surface area contributed by atoms with Crippen LogP contribution in [0.3, 0.4) is 0 Å². The van der Waals surface area contributed by atoms with Gasteiger partial charge in [-0.2, -0.15) is 0 Å². The molecule has 0 unspecified atom stereocenters. The summed E-state index contributed by atoms with van der Waals surface area (Å²) in [4.78, 5) is 11.1. The molecule has 0 saturated heterocycles. The van der Waals surface area contributed by atoms with Gasteiger partial charge >= 0.3 is 5.97 Å². The van der Waals surface area contributed by atoms with E-state index in [2.05, 4.69) is 6.58 Å². The van der Waals surface area contributed by atoms with Crippen molar-refractivity contribution in [3.8, 4) is 0 Å². The van der Waals surface area contributed by atoms with E-state index in [0.717, 1.165) is 12.0 Å². The first-order valence-corrected chi connectivity index (χ1v) is 4.23. The maximum Gasteiger partial charge on any atom is 0.310 e. The van der Waals surface area contributed by atoms with E-state index in [-0.39, 0.29) is 11.6 Å². The fourth-order valence-electron chi connectivity index (χ4n) is 0.663. The van der Waals surface area contributed by atoms with Gasteiger partial charge in [0, 0.05) is 0 Å². The third kappa shape index (κ3) is 4.94. The SMILES string of the molecule is C=C(C)CC(=O)OC(C)(C)CC. The Balaban J connectivity index is 3.92. The van der Waals surface area contributed by atoms with Gasteiger partial charge in [-0.05, 0) is 27.2 Å². The first kappa shape index (κ1) is 11.2. The van der Waals surface area contributed by atoms with Crippen LogP contribution in [-0.4, -0.2) is 11.6 Å². The fourth-order valence-corrected chi connectivity index (χ4v) is 0.663. The zero-order chi connectivity index (χ0) is 9.78. The number of hydrogen-bond donors (Lipinski definition) is 0. The largest absolute Gasteiger partial charge is 0.459 e. The average Bonchev–Trinajstić information content (AvgIpc) is 1.84. The number of carbonyl (C=O) groups is 1. The highest BCUT2D eigenvalue weighted by Gasteiger charge is 2.19. The van der Waals surface area contributed by atoms with E-state index in [1.807, 2.05) is 27.7 Å². The summed E-state index contributed by atoms with van der Waals surface area (Å²) >= 11 is 0. The van der Waals surface area contributed by atoms with Crippen molar-refractivity contribution in [1.82, 2.24) is 0 Å². The van der Waals surface area contributed by atoms with Gasteiger partial charge in [-0.3, -0.25) is 4.79 Å². The summed E-state index contributed by atoms with van der Waals surface area (Å²) in [5.74, 6) is -0.186. The molecule has 0 rings (SSSR count). The Kier molecular flexibility index (Phi) is 4.01. The lowest BCUT2D eigenvalue weighted by Crippen LogP contribution is -2.26. The highest BCUT2D eigenvalue weighted by Crippen LogP contribution is 2.15. The second-order valence-corrected chi connectivity index (χ2v) is 3.72. The van der Waals surface area contributed by atoms with Gasteiger partial charge in [-0.25, -0.2) is 0 Å². The normalized spacial score (nSPS) is 11.0. The van der Waals surface area contributed by atoms with Crippen LogP contribution < -0.4 is 0 Å². The molecule has 0 aromatic carbocycles. The molecule has 0 aromatic rings. The number of rotatable bonds is 4. The Bertz CT molecular complexity index is 180. The Morgan fingerprint density at radius 1 is 1.50 bits per heavy atom. The molecule has 2 nitrogen and oxygen atoms in total. The van der Waals surface area contributed by atoms with Gasteiger partial charge < -0.3 is 4.74 Å². The van der Waals surface area contributed by atoms with Crippen LogP contribution >= 0.6 is 0 Å². The molecule has 0 amide bonds. The summed E-state index contributed by atoms with van der Waals surface area (Å²) in [6, 6.07) is 0. The highest BCUT2D eigenvalue weighted by molar-refractivity contribution is 5.72. The van der Waals surface area contributed by atoms with Gasteiger partial charge in [-0.15, -0.1) is 0 Å². The molecule has 0 heterocycles. The molecule has 0 aliphatic rings. The van der Waals surface area contributed by atoms with E-state index >= 15 is 0 Å². The molecule has 0 radical (unpaired) electrons. The van der Waals surface area contributed by atoms with Crippen LogP contribution in [0.15, 0.2) is 12.2 Å². The molecule has 12 heavy (non-hydrogen) atoms. The lowest BCUT2D eigenvalue weighted by atomic mass is 10.1. The van der Waals surface area contributed by atoms with Crippen molar-refractivity contribution < 1.29 is 9.53 Å². The minimum atomic E-state index is -0.341. The summed E-state index contributed by atoms with van der Waals surface area (Å²) in [7, 11) is 0. The summed E-state index contributed by atoms with van der Waals surface area (Å²) in [5, 5.41) is 0. The molecule has 0 spiro atoms. The summed E-state index contributed by atoms with van der Waals surface area (Å²) < 4.78 is 5.20. The van der Waals surface area contributed by atoms with Crippen molar-refractivity contribution in [2.45, 2.75) is 46.1 Å². The number of esters is 1. The molecule has 0 fully saturated rings. The standard InChI is InChI=1S/C10H18O2/c1-6-10(4,5)12-9(11)7-8(2)3/h2,6-7H2,1,3-5H3. The maximum atomic E-state index is 11.1. The Morgan fingerprint density at radius 2 is 2.00 bits per heavy atom. The number of ether oxygens (including phenoxy) is 1. The third-order valence-electron chi connectivity index (χ3n) is 1.69. The number of hydrogen-bond acceptors (Lipinski definition) is 2. The molecule has 70 valence electrons. The van der Waals surface area contributed by atoms with Crippen molar-refractivity contribution in [3.63, 3.8) is 0 Å². The van der Waals surface area contributed by atoms with Crippen LogP contribution in [0.5, 0.6) is 0 Å². The molecule has 2 heteroatoms. The van der Waals surface area contributed by atoms with Crippen molar-refractivity contribution in [1.29, 1.82) is 0 Å². The molecule has 0 atom stereocenters. The van der Waals surface area contributed by atoms with Gasteiger partial charge in [0.15, 0.2) is 0 Å². The van der Waals surface area contributed by atoms with Crippen molar-refractivity contribution >= 4 is 5.97 Å². The Hall–Kier alpha value is -0.790. The molecule has 0 bridgehead atoms. The van der Waals surface area contributed by atoms with Gasteiger partial charge in [0.2, 0.25) is 0 Å². The number of carbonyl (C=O) groups excluding carboxylic acids is 1. The lowest BCUT2D eigenvalue weighted by Gasteiger charge is -2.23. The minimum absolute atomic E-state index is 0.186. The van der Waals surface area contributed by atoms with Crippen molar-refractivity contribution in [2.75, 3.05) is 0 Å². The average molecular weight is 170 g/mol. The van der Waals surface area contributed by atoms with E-state index in [4.69, 9.17) is 4.74 Å². The van der Waals surface area contributed by atoms with Crippen LogP contribution in [-0.2, 0) is 9.53 Å². The first-order chi connectivity index (χ1) is 5.37. The molecule has 0 aromatic heterocycles. The monoisotopic (exact) mass is 170 g/mol. The lowest BCUT2D eigenvalue weighted by molar-refractivity contribution is -0.155. The smallest absolute Gasteiger partial charge is 0.310 e. The molecule has 0 aliphatic heterocycles. The molecular formula is C10H18O2. The van der Waals surface area contributed by atoms with Gasteiger partial charge in [0.1, 0.15) is 5.60 Å². The molecular weight excluding hydrogens is 152 g/mol. The Morgan fingerprint density at radius 3 is 2.33 bits per heavy atom. The zero-order valence-electron chi connectivity index (χ0n) is 8.44. The summed E-state index contributed by atoms with van der Waals surface area (Å²) in [6.45, 7) is 11.3. The van der Waals surface area contributed by atoms with Gasteiger partial charge in [0.25, 0.3) is 0 Å². The van der Waals surface area contributed by atoms with Gasteiger partial charge in [-0.1, -0.05) is 19.1 Å². The second-order valence-electron chi connectivity index (χ2n) is 3.72. The van der Waals surface area contributed by atoms with E-state index in [1.54, 1.807) is 0 Å². The van der Waals surface area contributed by atoms with E-state index in [1.165, 1.54) is 0 Å². The quantitative estimate of drug-likeness (QED) is 0.479. The van der Waals surface area contributed by atoms with Crippen molar-refractivity contribution in [3.05, 3.63) is 12.2 Å². The first-order valence-electron chi connectivity index (χ1n) is 4.23. The van der Waals surface area contributed by atoms with E-state index < -0.39 is 0 Å². The molecule has 0 saturated carbocycles. The second kappa shape index (κ2) is 4.29.